The van der Waals surface area contributed by atoms with Crippen LogP contribution in [0.15, 0.2) is 67.1 Å². The number of esters is 1. The van der Waals surface area contributed by atoms with E-state index in [0.717, 1.165) is 22.7 Å². The van der Waals surface area contributed by atoms with Gasteiger partial charge in [0.05, 0.1) is 29.8 Å². The van der Waals surface area contributed by atoms with Crippen molar-refractivity contribution in [1.82, 2.24) is 19.4 Å². The molecular formula is C20H17N5O2. The molecule has 4 rings (SSSR count). The minimum Gasteiger partial charge on any atom is -0.462 e. The minimum absolute atomic E-state index is 0.338. The number of carbonyl (C=O) groups is 1. The van der Waals surface area contributed by atoms with Gasteiger partial charge in [0.15, 0.2) is 0 Å². The first kappa shape index (κ1) is 16.7. The van der Waals surface area contributed by atoms with Crippen LogP contribution in [0.3, 0.4) is 0 Å². The van der Waals surface area contributed by atoms with Crippen molar-refractivity contribution in [2.75, 3.05) is 11.9 Å². The summed E-state index contributed by atoms with van der Waals surface area (Å²) in [5.41, 5.74) is 3.78. The predicted molar refractivity (Wildman–Crippen MR) is 102 cm³/mol. The zero-order valence-corrected chi connectivity index (χ0v) is 14.7. The Morgan fingerprint density at radius 2 is 1.96 bits per heavy atom. The van der Waals surface area contributed by atoms with E-state index in [1.54, 1.807) is 43.6 Å². The Hall–Kier alpha value is -3.74. The maximum atomic E-state index is 11.7. The van der Waals surface area contributed by atoms with Crippen molar-refractivity contribution in [2.45, 2.75) is 6.92 Å². The number of hydrogen-bond donors (Lipinski definition) is 1. The lowest BCUT2D eigenvalue weighted by atomic mass is 10.2. The van der Waals surface area contributed by atoms with Gasteiger partial charge in [-0.15, -0.1) is 0 Å². The maximum Gasteiger partial charge on any atom is 0.338 e. The average Bonchev–Trinajstić information content (AvgIpc) is 3.13. The van der Waals surface area contributed by atoms with Gasteiger partial charge >= 0.3 is 5.97 Å². The van der Waals surface area contributed by atoms with Gasteiger partial charge in [0.2, 0.25) is 5.95 Å². The van der Waals surface area contributed by atoms with Crippen molar-refractivity contribution < 1.29 is 9.53 Å². The second-order valence-corrected chi connectivity index (χ2v) is 5.76. The fraction of sp³-hybridized carbons (Fsp3) is 0.100. The topological polar surface area (TPSA) is 81.4 Å². The van der Waals surface area contributed by atoms with Crippen molar-refractivity contribution in [1.29, 1.82) is 0 Å². The van der Waals surface area contributed by atoms with E-state index < -0.39 is 0 Å². The first-order valence-corrected chi connectivity index (χ1v) is 8.54. The molecule has 7 heteroatoms. The number of nitrogens with one attached hydrogen (secondary N) is 1. The Kier molecular flexibility index (Phi) is 4.49. The monoisotopic (exact) mass is 359 g/mol. The lowest BCUT2D eigenvalue weighted by Crippen LogP contribution is -2.04. The Morgan fingerprint density at radius 3 is 2.78 bits per heavy atom. The summed E-state index contributed by atoms with van der Waals surface area (Å²) in [6.45, 7) is 2.13. The number of anilines is 2. The van der Waals surface area contributed by atoms with Gasteiger partial charge in [0.1, 0.15) is 5.65 Å². The normalized spacial score (nSPS) is 10.7. The fourth-order valence-electron chi connectivity index (χ4n) is 2.72. The van der Waals surface area contributed by atoms with Crippen LogP contribution in [0.2, 0.25) is 0 Å². The van der Waals surface area contributed by atoms with Gasteiger partial charge in [0.25, 0.3) is 0 Å². The Labute approximate surface area is 155 Å². The number of carbonyl (C=O) groups excluding carboxylic acids is 1. The van der Waals surface area contributed by atoms with Crippen molar-refractivity contribution in [3.8, 4) is 11.4 Å². The lowest BCUT2D eigenvalue weighted by Gasteiger charge is -2.07. The highest BCUT2D eigenvalue weighted by molar-refractivity contribution is 5.89. The van der Waals surface area contributed by atoms with Gasteiger partial charge in [0, 0.05) is 18.1 Å². The molecule has 27 heavy (non-hydrogen) atoms. The van der Waals surface area contributed by atoms with E-state index in [1.165, 1.54) is 0 Å². The largest absolute Gasteiger partial charge is 0.462 e. The van der Waals surface area contributed by atoms with Crippen LogP contribution in [0.25, 0.3) is 17.0 Å². The van der Waals surface area contributed by atoms with Crippen LogP contribution >= 0.6 is 0 Å². The number of ether oxygens (including phenoxy) is 1. The molecule has 1 N–H and O–H groups in total. The van der Waals surface area contributed by atoms with Gasteiger partial charge in [-0.05, 0) is 49.4 Å². The Bertz CT molecular complexity index is 1090. The molecule has 134 valence electrons. The summed E-state index contributed by atoms with van der Waals surface area (Å²) in [6, 6.07) is 14.7. The average molecular weight is 359 g/mol. The number of rotatable bonds is 5. The van der Waals surface area contributed by atoms with E-state index in [4.69, 9.17) is 4.74 Å². The van der Waals surface area contributed by atoms with Gasteiger partial charge < -0.3 is 10.1 Å². The summed E-state index contributed by atoms with van der Waals surface area (Å²) in [7, 11) is 0. The second-order valence-electron chi connectivity index (χ2n) is 5.76. The number of benzene rings is 1. The summed E-state index contributed by atoms with van der Waals surface area (Å²) < 4.78 is 6.96. The highest BCUT2D eigenvalue weighted by Crippen LogP contribution is 2.21. The lowest BCUT2D eigenvalue weighted by molar-refractivity contribution is 0.0526. The number of hydrogen-bond acceptors (Lipinski definition) is 6. The molecule has 0 fully saturated rings. The van der Waals surface area contributed by atoms with Crippen molar-refractivity contribution in [3.05, 3.63) is 72.7 Å². The van der Waals surface area contributed by atoms with Crippen LogP contribution in [0.4, 0.5) is 11.6 Å². The second kappa shape index (κ2) is 7.25. The summed E-state index contributed by atoms with van der Waals surface area (Å²) in [6.07, 6.45) is 5.43. The van der Waals surface area contributed by atoms with Crippen LogP contribution in [-0.2, 0) is 4.74 Å². The molecule has 4 aromatic rings. The minimum atomic E-state index is -0.338. The molecule has 0 amide bonds. The van der Waals surface area contributed by atoms with Crippen LogP contribution in [0.1, 0.15) is 17.3 Å². The van der Waals surface area contributed by atoms with Crippen LogP contribution in [0.5, 0.6) is 0 Å². The number of imidazole rings is 1. The predicted octanol–water partition coefficient (Wildman–Crippen LogP) is 3.71. The molecule has 0 unspecified atom stereocenters. The van der Waals surface area contributed by atoms with Crippen molar-refractivity contribution >= 4 is 23.3 Å². The molecule has 0 aliphatic rings. The summed E-state index contributed by atoms with van der Waals surface area (Å²) >= 11 is 0. The van der Waals surface area contributed by atoms with Gasteiger partial charge in [-0.2, -0.15) is 0 Å². The van der Waals surface area contributed by atoms with Gasteiger partial charge in [-0.1, -0.05) is 6.07 Å². The molecule has 0 spiro atoms. The van der Waals surface area contributed by atoms with E-state index in [-0.39, 0.29) is 5.97 Å². The molecule has 0 saturated carbocycles. The van der Waals surface area contributed by atoms with Crippen molar-refractivity contribution in [3.63, 3.8) is 0 Å². The van der Waals surface area contributed by atoms with Crippen LogP contribution in [0, 0.1) is 0 Å². The number of fused-ring (bicyclic) bond motifs is 1. The van der Waals surface area contributed by atoms with E-state index >= 15 is 0 Å². The highest BCUT2D eigenvalue weighted by atomic mass is 16.5. The SMILES string of the molecule is CCOC(=O)c1ccc(Nc2nccc(-c3cnc4ccccn34)n2)cc1. The smallest absolute Gasteiger partial charge is 0.338 e. The molecule has 1 aromatic carbocycles. The van der Waals surface area contributed by atoms with Gasteiger partial charge in [-0.3, -0.25) is 4.40 Å². The molecule has 0 aliphatic heterocycles. The van der Waals surface area contributed by atoms with Crippen LogP contribution < -0.4 is 5.32 Å². The summed E-state index contributed by atoms with van der Waals surface area (Å²) in [5.74, 6) is 0.122. The van der Waals surface area contributed by atoms with Crippen molar-refractivity contribution in [2.24, 2.45) is 0 Å². The van der Waals surface area contributed by atoms with E-state index in [9.17, 15) is 4.79 Å². The first-order valence-electron chi connectivity index (χ1n) is 8.54. The molecule has 0 bridgehead atoms. The number of nitrogens with zero attached hydrogens (tertiary/aromatic N) is 4. The molecule has 7 nitrogen and oxygen atoms in total. The molecule has 0 atom stereocenters. The Balaban J connectivity index is 1.57. The maximum absolute atomic E-state index is 11.7. The van der Waals surface area contributed by atoms with E-state index in [1.807, 2.05) is 34.9 Å². The third kappa shape index (κ3) is 3.48. The number of pyridine rings is 1. The third-order valence-electron chi connectivity index (χ3n) is 3.99. The highest BCUT2D eigenvalue weighted by Gasteiger charge is 2.09. The molecular weight excluding hydrogens is 342 g/mol. The van der Waals surface area contributed by atoms with Gasteiger partial charge in [-0.25, -0.2) is 19.7 Å². The number of aromatic nitrogens is 4. The fourth-order valence-corrected chi connectivity index (χ4v) is 2.72. The molecule has 0 saturated heterocycles. The Morgan fingerprint density at radius 1 is 1.11 bits per heavy atom. The van der Waals surface area contributed by atoms with Crippen LogP contribution in [-0.4, -0.2) is 31.9 Å². The summed E-state index contributed by atoms with van der Waals surface area (Å²) in [5, 5.41) is 3.15. The third-order valence-corrected chi connectivity index (χ3v) is 3.99. The molecule has 3 heterocycles. The molecule has 3 aromatic heterocycles. The quantitative estimate of drug-likeness (QED) is 0.547. The standard InChI is InChI=1S/C20H17N5O2/c1-2-27-19(26)14-6-8-15(9-7-14)23-20-21-11-10-16(24-20)17-13-22-18-5-3-4-12-25(17)18/h3-13H,2H2,1H3,(H,21,23,24). The first-order chi connectivity index (χ1) is 13.2. The zero-order valence-electron chi connectivity index (χ0n) is 14.7. The molecule has 0 aliphatic carbocycles. The van der Waals surface area contributed by atoms with E-state index in [0.29, 0.717) is 18.1 Å². The summed E-state index contributed by atoms with van der Waals surface area (Å²) in [4.78, 5) is 25.0. The zero-order chi connectivity index (χ0) is 18.6. The molecule has 0 radical (unpaired) electrons. The van der Waals surface area contributed by atoms with E-state index in [2.05, 4.69) is 20.3 Å².